The second kappa shape index (κ2) is 5.16. The van der Waals surface area contributed by atoms with E-state index in [1.54, 1.807) is 12.1 Å². The van der Waals surface area contributed by atoms with E-state index in [1.165, 1.54) is 24.3 Å². The number of carboxylic acids is 1. The first-order valence-corrected chi connectivity index (χ1v) is 5.69. The van der Waals surface area contributed by atoms with Crippen molar-refractivity contribution in [1.29, 1.82) is 0 Å². The first-order chi connectivity index (χ1) is 8.95. The van der Waals surface area contributed by atoms with Crippen LogP contribution in [0.25, 0.3) is 0 Å². The predicted octanol–water partition coefficient (Wildman–Crippen LogP) is 3.50. The van der Waals surface area contributed by atoms with Crippen LogP contribution in [0, 0.1) is 5.82 Å². The zero-order valence-electron chi connectivity index (χ0n) is 9.65. The fourth-order valence-corrected chi connectivity index (χ4v) is 1.85. The zero-order chi connectivity index (χ0) is 14.0. The maximum Gasteiger partial charge on any atom is 0.337 e. The summed E-state index contributed by atoms with van der Waals surface area (Å²) in [7, 11) is 0. The highest BCUT2D eigenvalue weighted by atomic mass is 35.5. The summed E-state index contributed by atoms with van der Waals surface area (Å²) in [6.07, 6.45) is 0. The Labute approximate surface area is 113 Å². The third kappa shape index (κ3) is 3.14. The van der Waals surface area contributed by atoms with Gasteiger partial charge in [-0.25, -0.2) is 9.18 Å². The lowest BCUT2D eigenvalue weighted by Gasteiger charge is -2.09. The molecule has 0 unspecified atom stereocenters. The van der Waals surface area contributed by atoms with Gasteiger partial charge in [0.1, 0.15) is 5.82 Å². The molecule has 0 atom stereocenters. The lowest BCUT2D eigenvalue weighted by molar-refractivity contribution is 0.0698. The molecule has 4 nitrogen and oxygen atoms in total. The van der Waals surface area contributed by atoms with Crippen molar-refractivity contribution in [2.75, 3.05) is 11.1 Å². The molecule has 0 saturated heterocycles. The number of aromatic carboxylic acids is 1. The number of nitrogens with one attached hydrogen (secondary N) is 1. The van der Waals surface area contributed by atoms with Gasteiger partial charge in [0.25, 0.3) is 0 Å². The van der Waals surface area contributed by atoms with Crippen molar-refractivity contribution < 1.29 is 14.3 Å². The summed E-state index contributed by atoms with van der Waals surface area (Å²) < 4.78 is 13.2. The lowest BCUT2D eigenvalue weighted by Crippen LogP contribution is -2.03. The normalized spacial score (nSPS) is 10.2. The Morgan fingerprint density at radius 3 is 2.53 bits per heavy atom. The van der Waals surface area contributed by atoms with Gasteiger partial charge < -0.3 is 16.2 Å². The van der Waals surface area contributed by atoms with Crippen molar-refractivity contribution in [3.8, 4) is 0 Å². The number of halogens is 2. The molecule has 0 bridgehead atoms. The highest BCUT2D eigenvalue weighted by molar-refractivity contribution is 6.30. The van der Waals surface area contributed by atoms with Gasteiger partial charge in [0.2, 0.25) is 0 Å². The molecule has 0 aliphatic heterocycles. The highest BCUT2D eigenvalue weighted by Crippen LogP contribution is 2.24. The van der Waals surface area contributed by atoms with E-state index in [9.17, 15) is 9.18 Å². The number of carboxylic acid groups (broad SMARTS) is 1. The first kappa shape index (κ1) is 13.2. The van der Waals surface area contributed by atoms with E-state index in [0.29, 0.717) is 11.4 Å². The van der Waals surface area contributed by atoms with Gasteiger partial charge in [-0.1, -0.05) is 11.6 Å². The van der Waals surface area contributed by atoms with E-state index in [0.717, 1.165) is 0 Å². The monoisotopic (exact) mass is 280 g/mol. The summed E-state index contributed by atoms with van der Waals surface area (Å²) in [4.78, 5) is 10.8. The van der Waals surface area contributed by atoms with E-state index in [4.69, 9.17) is 22.4 Å². The molecule has 6 heteroatoms. The van der Waals surface area contributed by atoms with Crippen LogP contribution in [-0.4, -0.2) is 11.1 Å². The van der Waals surface area contributed by atoms with Crippen molar-refractivity contribution in [2.45, 2.75) is 0 Å². The van der Waals surface area contributed by atoms with Crippen LogP contribution < -0.4 is 11.1 Å². The Morgan fingerprint density at radius 1 is 1.21 bits per heavy atom. The predicted molar refractivity (Wildman–Crippen MR) is 72.5 cm³/mol. The van der Waals surface area contributed by atoms with Gasteiger partial charge in [-0.2, -0.15) is 0 Å². The summed E-state index contributed by atoms with van der Waals surface area (Å²) in [5, 5.41) is 12.0. The Hall–Kier alpha value is -2.27. The topological polar surface area (TPSA) is 75.3 Å². The first-order valence-electron chi connectivity index (χ1n) is 5.31. The third-order valence-corrected chi connectivity index (χ3v) is 2.65. The second-order valence-corrected chi connectivity index (χ2v) is 4.33. The summed E-state index contributed by atoms with van der Waals surface area (Å²) in [6.45, 7) is 0. The van der Waals surface area contributed by atoms with Crippen LogP contribution in [0.1, 0.15) is 10.4 Å². The molecule has 19 heavy (non-hydrogen) atoms. The number of benzene rings is 2. The Balaban J connectivity index is 2.28. The molecule has 4 N–H and O–H groups in total. The fourth-order valence-electron chi connectivity index (χ4n) is 1.63. The average molecular weight is 281 g/mol. The number of nitrogen functional groups attached to an aromatic ring is 1. The van der Waals surface area contributed by atoms with Crippen LogP contribution in [0.4, 0.5) is 21.5 Å². The average Bonchev–Trinajstić information content (AvgIpc) is 2.26. The lowest BCUT2D eigenvalue weighted by atomic mass is 10.1. The van der Waals surface area contributed by atoms with E-state index in [-0.39, 0.29) is 16.3 Å². The van der Waals surface area contributed by atoms with Crippen LogP contribution in [0.15, 0.2) is 36.4 Å². The molecular weight excluding hydrogens is 271 g/mol. The minimum absolute atomic E-state index is 0.0165. The minimum Gasteiger partial charge on any atom is -0.478 e. The van der Waals surface area contributed by atoms with Gasteiger partial charge >= 0.3 is 5.97 Å². The summed E-state index contributed by atoms with van der Waals surface area (Å²) >= 11 is 5.73. The molecule has 0 amide bonds. The van der Waals surface area contributed by atoms with Gasteiger partial charge in [0.05, 0.1) is 5.56 Å². The maximum absolute atomic E-state index is 13.2. The van der Waals surface area contributed by atoms with E-state index in [1.807, 2.05) is 0 Å². The molecule has 0 saturated carbocycles. The largest absolute Gasteiger partial charge is 0.478 e. The Kier molecular flexibility index (Phi) is 3.57. The Bertz CT molecular complexity index is 626. The number of hydrogen-bond donors (Lipinski definition) is 3. The molecule has 2 rings (SSSR count). The SMILES string of the molecule is Nc1cc(Nc2cc(F)cc(Cl)c2)ccc1C(=O)O. The molecule has 0 fully saturated rings. The molecule has 98 valence electrons. The maximum atomic E-state index is 13.2. The standard InChI is InChI=1S/C13H10ClFN2O2/c14-7-3-8(15)5-10(4-7)17-9-1-2-11(13(18)19)12(16)6-9/h1-6,17H,16H2,(H,18,19). The molecule has 0 aromatic heterocycles. The van der Waals surface area contributed by atoms with Gasteiger partial charge in [-0.3, -0.25) is 0 Å². The second-order valence-electron chi connectivity index (χ2n) is 3.89. The molecule has 0 radical (unpaired) electrons. The van der Waals surface area contributed by atoms with Crippen molar-refractivity contribution in [2.24, 2.45) is 0 Å². The highest BCUT2D eigenvalue weighted by Gasteiger charge is 2.08. The van der Waals surface area contributed by atoms with Gasteiger partial charge in [-0.05, 0) is 36.4 Å². The number of anilines is 3. The number of nitrogens with two attached hydrogens (primary N) is 1. The van der Waals surface area contributed by atoms with Crippen molar-refractivity contribution >= 4 is 34.6 Å². The quantitative estimate of drug-likeness (QED) is 0.752. The van der Waals surface area contributed by atoms with E-state index < -0.39 is 11.8 Å². The van der Waals surface area contributed by atoms with Crippen LogP contribution in [0.3, 0.4) is 0 Å². The van der Waals surface area contributed by atoms with E-state index >= 15 is 0 Å². The summed E-state index contributed by atoms with van der Waals surface area (Å²) in [6, 6.07) is 8.38. The van der Waals surface area contributed by atoms with Gasteiger partial charge in [0, 0.05) is 22.1 Å². The van der Waals surface area contributed by atoms with Crippen LogP contribution >= 0.6 is 11.6 Å². The zero-order valence-corrected chi connectivity index (χ0v) is 10.4. The summed E-state index contributed by atoms with van der Waals surface area (Å²) in [5.74, 6) is -1.57. The molecule has 0 heterocycles. The molecule has 0 aliphatic carbocycles. The number of rotatable bonds is 3. The molecule has 0 spiro atoms. The molecule has 2 aromatic carbocycles. The van der Waals surface area contributed by atoms with Crippen molar-refractivity contribution in [3.63, 3.8) is 0 Å². The molecular formula is C13H10ClFN2O2. The van der Waals surface area contributed by atoms with Crippen molar-refractivity contribution in [3.05, 3.63) is 52.8 Å². The minimum atomic E-state index is -1.10. The summed E-state index contributed by atoms with van der Waals surface area (Å²) in [5.41, 5.74) is 6.75. The van der Waals surface area contributed by atoms with Crippen molar-refractivity contribution in [1.82, 2.24) is 0 Å². The van der Waals surface area contributed by atoms with E-state index in [2.05, 4.69) is 5.32 Å². The fraction of sp³-hybridized carbons (Fsp3) is 0. The third-order valence-electron chi connectivity index (χ3n) is 2.43. The molecule has 0 aliphatic rings. The van der Waals surface area contributed by atoms with Gasteiger partial charge in [0.15, 0.2) is 0 Å². The van der Waals surface area contributed by atoms with Crippen LogP contribution in [0.2, 0.25) is 5.02 Å². The molecule has 2 aromatic rings. The van der Waals surface area contributed by atoms with Crippen LogP contribution in [-0.2, 0) is 0 Å². The smallest absolute Gasteiger partial charge is 0.337 e. The number of hydrogen-bond acceptors (Lipinski definition) is 3. The number of carbonyl (C=O) groups is 1. The van der Waals surface area contributed by atoms with Crippen LogP contribution in [0.5, 0.6) is 0 Å². The Morgan fingerprint density at radius 2 is 1.95 bits per heavy atom. The van der Waals surface area contributed by atoms with Gasteiger partial charge in [-0.15, -0.1) is 0 Å².